The minimum absolute atomic E-state index is 0.0600. The van der Waals surface area contributed by atoms with Gasteiger partial charge in [0.25, 0.3) is 0 Å². The van der Waals surface area contributed by atoms with E-state index in [4.69, 9.17) is 0 Å². The molecule has 0 saturated carbocycles. The van der Waals surface area contributed by atoms with Gasteiger partial charge in [-0.25, -0.2) is 12.8 Å². The van der Waals surface area contributed by atoms with Crippen LogP contribution in [0.25, 0.3) is 0 Å². The molecule has 0 radical (unpaired) electrons. The van der Waals surface area contributed by atoms with E-state index in [1.807, 2.05) is 60.7 Å². The summed E-state index contributed by atoms with van der Waals surface area (Å²) in [6.45, 7) is 0. The van der Waals surface area contributed by atoms with Crippen molar-refractivity contribution in [2.24, 2.45) is 0 Å². The zero-order valence-corrected chi connectivity index (χ0v) is 15.4. The summed E-state index contributed by atoms with van der Waals surface area (Å²) in [5, 5.41) is 2.54. The molecule has 27 heavy (non-hydrogen) atoms. The van der Waals surface area contributed by atoms with Crippen molar-refractivity contribution in [3.05, 3.63) is 95.8 Å². The molecule has 0 heterocycles. The Morgan fingerprint density at radius 3 is 1.89 bits per heavy atom. The lowest BCUT2D eigenvalue weighted by molar-refractivity contribution is -0.116. The van der Waals surface area contributed by atoms with E-state index in [2.05, 4.69) is 5.32 Å². The Hall–Kier alpha value is -2.99. The molecule has 0 atom stereocenters. The second kappa shape index (κ2) is 7.72. The number of carbonyl (C=O) groups is 1. The molecule has 1 amide bonds. The van der Waals surface area contributed by atoms with Gasteiger partial charge in [-0.15, -0.1) is 0 Å². The average molecular weight is 383 g/mol. The molecule has 6 heteroatoms. The molecule has 0 aliphatic rings. The molecule has 0 aliphatic heterocycles. The first-order chi connectivity index (χ1) is 12.9. The summed E-state index contributed by atoms with van der Waals surface area (Å²) in [4.78, 5) is 12.9. The van der Waals surface area contributed by atoms with E-state index in [0.29, 0.717) is 0 Å². The quantitative estimate of drug-likeness (QED) is 0.678. The predicted molar refractivity (Wildman–Crippen MR) is 103 cm³/mol. The molecule has 3 aromatic rings. The van der Waals surface area contributed by atoms with E-state index in [-0.39, 0.29) is 10.6 Å². The van der Waals surface area contributed by atoms with Gasteiger partial charge in [-0.2, -0.15) is 0 Å². The molecule has 0 aromatic heterocycles. The molecule has 138 valence electrons. The lowest BCUT2D eigenvalue weighted by Crippen LogP contribution is -2.23. The van der Waals surface area contributed by atoms with Gasteiger partial charge in [0, 0.05) is 6.26 Å². The maximum Gasteiger partial charge on any atom is 0.236 e. The summed E-state index contributed by atoms with van der Waals surface area (Å²) in [7, 11) is -3.52. The zero-order chi connectivity index (χ0) is 19.4. The van der Waals surface area contributed by atoms with Crippen LogP contribution in [0, 0.1) is 5.82 Å². The van der Waals surface area contributed by atoms with Gasteiger partial charge in [-0.1, -0.05) is 60.7 Å². The molecule has 4 nitrogen and oxygen atoms in total. The summed E-state index contributed by atoms with van der Waals surface area (Å²) < 4.78 is 37.6. The Morgan fingerprint density at radius 1 is 0.889 bits per heavy atom. The van der Waals surface area contributed by atoms with Crippen LogP contribution in [0.1, 0.15) is 17.0 Å². The average Bonchev–Trinajstić information content (AvgIpc) is 2.64. The lowest BCUT2D eigenvalue weighted by atomic mass is 9.90. The molecule has 0 saturated heterocycles. The Morgan fingerprint density at radius 2 is 1.41 bits per heavy atom. The monoisotopic (exact) mass is 383 g/mol. The molecule has 0 unspecified atom stereocenters. The summed E-state index contributed by atoms with van der Waals surface area (Å²) >= 11 is 0. The topological polar surface area (TPSA) is 63.2 Å². The number of hydrogen-bond acceptors (Lipinski definition) is 3. The smallest absolute Gasteiger partial charge is 0.236 e. The number of amides is 1. The first-order valence-electron chi connectivity index (χ1n) is 8.26. The third kappa shape index (κ3) is 4.41. The number of carbonyl (C=O) groups excluding carboxylic acids is 1. The normalized spacial score (nSPS) is 11.4. The van der Waals surface area contributed by atoms with Crippen LogP contribution in [0.3, 0.4) is 0 Å². The van der Waals surface area contributed by atoms with Crippen LogP contribution >= 0.6 is 0 Å². The van der Waals surface area contributed by atoms with Gasteiger partial charge < -0.3 is 5.32 Å². The van der Waals surface area contributed by atoms with Gasteiger partial charge in [0.1, 0.15) is 5.82 Å². The van der Waals surface area contributed by atoms with E-state index in [1.165, 1.54) is 6.07 Å². The van der Waals surface area contributed by atoms with Crippen molar-refractivity contribution >= 4 is 21.4 Å². The Balaban J connectivity index is 1.99. The van der Waals surface area contributed by atoms with E-state index in [0.717, 1.165) is 29.5 Å². The van der Waals surface area contributed by atoms with Gasteiger partial charge in [0.2, 0.25) is 5.91 Å². The van der Waals surface area contributed by atoms with Gasteiger partial charge >= 0.3 is 0 Å². The van der Waals surface area contributed by atoms with Crippen LogP contribution in [-0.4, -0.2) is 20.6 Å². The van der Waals surface area contributed by atoms with Crippen molar-refractivity contribution in [1.29, 1.82) is 0 Å². The van der Waals surface area contributed by atoms with Gasteiger partial charge in [0.15, 0.2) is 9.84 Å². The number of sulfone groups is 1. The standard InChI is InChI=1S/C21H18FNO3S/c1-27(25,26)17-12-13-18(22)19(14-17)23-21(24)20(15-8-4-2-5-9-15)16-10-6-3-7-11-16/h2-14,20H,1H3,(H,23,24). The highest BCUT2D eigenvalue weighted by Gasteiger charge is 2.24. The molecule has 0 fully saturated rings. The molecule has 3 rings (SSSR count). The molecule has 0 bridgehead atoms. The predicted octanol–water partition coefficient (Wildman–Crippen LogP) is 4.00. The third-order valence-corrected chi connectivity index (χ3v) is 5.26. The first kappa shape index (κ1) is 18.8. The Labute approximate surface area is 157 Å². The fourth-order valence-corrected chi connectivity index (χ4v) is 3.47. The maximum absolute atomic E-state index is 14.2. The molecular weight excluding hydrogens is 365 g/mol. The number of rotatable bonds is 5. The van der Waals surface area contributed by atoms with Crippen molar-refractivity contribution in [3.63, 3.8) is 0 Å². The number of benzene rings is 3. The summed E-state index contributed by atoms with van der Waals surface area (Å²) in [6.07, 6.45) is 1.03. The first-order valence-corrected chi connectivity index (χ1v) is 10.2. The molecular formula is C21H18FNO3S. The fourth-order valence-electron chi connectivity index (χ4n) is 2.82. The van der Waals surface area contributed by atoms with Crippen molar-refractivity contribution < 1.29 is 17.6 Å². The summed E-state index contributed by atoms with van der Waals surface area (Å²) in [5.74, 6) is -1.80. The van der Waals surface area contributed by atoms with E-state index in [9.17, 15) is 17.6 Å². The van der Waals surface area contributed by atoms with Gasteiger partial charge in [-0.3, -0.25) is 4.79 Å². The van der Waals surface area contributed by atoms with Crippen LogP contribution < -0.4 is 5.32 Å². The van der Waals surface area contributed by atoms with Gasteiger partial charge in [0.05, 0.1) is 16.5 Å². The van der Waals surface area contributed by atoms with Crippen molar-refractivity contribution in [3.8, 4) is 0 Å². The van der Waals surface area contributed by atoms with E-state index in [1.54, 1.807) is 0 Å². The summed E-state index contributed by atoms with van der Waals surface area (Å²) in [5.41, 5.74) is 1.33. The second-order valence-corrected chi connectivity index (χ2v) is 8.17. The summed E-state index contributed by atoms with van der Waals surface area (Å²) in [6, 6.07) is 21.6. The lowest BCUT2D eigenvalue weighted by Gasteiger charge is -2.18. The molecule has 0 spiro atoms. The van der Waals surface area contributed by atoms with Crippen LogP contribution in [-0.2, 0) is 14.6 Å². The van der Waals surface area contributed by atoms with Crippen LogP contribution in [0.15, 0.2) is 83.8 Å². The Bertz CT molecular complexity index is 1010. The molecule has 0 aliphatic carbocycles. The minimum Gasteiger partial charge on any atom is -0.323 e. The molecule has 3 aromatic carbocycles. The minimum atomic E-state index is -3.52. The van der Waals surface area contributed by atoms with Crippen LogP contribution in [0.5, 0.6) is 0 Å². The third-order valence-electron chi connectivity index (χ3n) is 4.15. The second-order valence-electron chi connectivity index (χ2n) is 6.16. The van der Waals surface area contributed by atoms with Crippen molar-refractivity contribution in [2.45, 2.75) is 10.8 Å². The number of anilines is 1. The van der Waals surface area contributed by atoms with Crippen LogP contribution in [0.4, 0.5) is 10.1 Å². The molecule has 1 N–H and O–H groups in total. The maximum atomic E-state index is 14.2. The highest BCUT2D eigenvalue weighted by atomic mass is 32.2. The number of nitrogens with one attached hydrogen (secondary N) is 1. The van der Waals surface area contributed by atoms with E-state index >= 15 is 0 Å². The largest absolute Gasteiger partial charge is 0.323 e. The fraction of sp³-hybridized carbons (Fsp3) is 0.0952. The van der Waals surface area contributed by atoms with Gasteiger partial charge in [-0.05, 0) is 29.3 Å². The highest BCUT2D eigenvalue weighted by Crippen LogP contribution is 2.27. The van der Waals surface area contributed by atoms with Crippen molar-refractivity contribution in [1.82, 2.24) is 0 Å². The van der Waals surface area contributed by atoms with Crippen molar-refractivity contribution in [2.75, 3.05) is 11.6 Å². The van der Waals surface area contributed by atoms with E-state index < -0.39 is 27.5 Å². The number of halogens is 1. The highest BCUT2D eigenvalue weighted by molar-refractivity contribution is 7.90. The number of hydrogen-bond donors (Lipinski definition) is 1. The zero-order valence-electron chi connectivity index (χ0n) is 14.6. The Kier molecular flexibility index (Phi) is 5.37. The van der Waals surface area contributed by atoms with Crippen LogP contribution in [0.2, 0.25) is 0 Å². The SMILES string of the molecule is CS(=O)(=O)c1ccc(F)c(NC(=O)C(c2ccccc2)c2ccccc2)c1.